The number of aromatic hydroxyl groups is 2. The van der Waals surface area contributed by atoms with Crippen molar-refractivity contribution in [1.29, 1.82) is 0 Å². The van der Waals surface area contributed by atoms with Crippen LogP contribution in [-0.4, -0.2) is 18.6 Å². The van der Waals surface area contributed by atoms with Crippen LogP contribution in [0.2, 0.25) is 5.02 Å². The molecular weight excluding hydrogens is 374 g/mol. The van der Waals surface area contributed by atoms with Gasteiger partial charge in [0.05, 0.1) is 15.5 Å². The number of sulfone groups is 1. The smallest absolute Gasteiger partial charge is 0.206 e. The number of benzene rings is 3. The largest absolute Gasteiger partial charge is 0.508 e. The summed E-state index contributed by atoms with van der Waals surface area (Å²) in [5, 5.41) is 22.6. The van der Waals surface area contributed by atoms with Gasteiger partial charge in [-0.25, -0.2) is 8.42 Å². The Morgan fingerprint density at radius 1 is 0.923 bits per heavy atom. The van der Waals surface area contributed by atoms with Gasteiger partial charge in [-0.15, -0.1) is 0 Å². The van der Waals surface area contributed by atoms with Gasteiger partial charge in [0.2, 0.25) is 9.84 Å². The predicted octanol–water partition coefficient (Wildman–Crippen LogP) is 4.20. The Hall–Kier alpha value is -2.70. The fraction of sp³-hybridized carbons (Fsp3) is 0.0526. The van der Waals surface area contributed by atoms with Crippen molar-refractivity contribution in [2.75, 3.05) is 5.32 Å². The lowest BCUT2D eigenvalue weighted by Crippen LogP contribution is -2.09. The maximum absolute atomic E-state index is 12.9. The van der Waals surface area contributed by atoms with Crippen LogP contribution in [0.1, 0.15) is 5.56 Å². The summed E-state index contributed by atoms with van der Waals surface area (Å²) >= 11 is 5.84. The molecule has 26 heavy (non-hydrogen) atoms. The summed E-state index contributed by atoms with van der Waals surface area (Å²) in [6, 6.07) is 16.8. The number of halogens is 1. The Labute approximate surface area is 156 Å². The Morgan fingerprint density at radius 3 is 2.31 bits per heavy atom. The summed E-state index contributed by atoms with van der Waals surface area (Å²) in [4.78, 5) is 0.329. The number of hydrogen-bond acceptors (Lipinski definition) is 5. The molecule has 3 aromatic rings. The molecule has 0 aliphatic carbocycles. The summed E-state index contributed by atoms with van der Waals surface area (Å²) in [6.07, 6.45) is 0. The fourth-order valence-electron chi connectivity index (χ4n) is 2.51. The molecule has 0 saturated heterocycles. The van der Waals surface area contributed by atoms with Crippen LogP contribution in [0.5, 0.6) is 11.5 Å². The maximum atomic E-state index is 12.9. The quantitative estimate of drug-likeness (QED) is 0.449. The third-order valence-electron chi connectivity index (χ3n) is 3.84. The molecule has 3 N–H and O–H groups in total. The first-order valence-corrected chi connectivity index (χ1v) is 9.58. The highest BCUT2D eigenvalue weighted by Crippen LogP contribution is 2.29. The van der Waals surface area contributed by atoms with Gasteiger partial charge in [0.15, 0.2) is 0 Å². The molecule has 0 saturated carbocycles. The number of rotatable bonds is 5. The summed E-state index contributed by atoms with van der Waals surface area (Å²) < 4.78 is 25.9. The second-order valence-corrected chi connectivity index (χ2v) is 7.97. The van der Waals surface area contributed by atoms with Crippen LogP contribution < -0.4 is 5.32 Å². The lowest BCUT2D eigenvalue weighted by molar-refractivity contribution is 0.452. The van der Waals surface area contributed by atoms with Crippen molar-refractivity contribution in [3.63, 3.8) is 0 Å². The molecule has 3 rings (SSSR count). The van der Waals surface area contributed by atoms with Crippen molar-refractivity contribution in [3.05, 3.63) is 77.3 Å². The second-order valence-electron chi connectivity index (χ2n) is 5.62. The molecule has 0 unspecified atom stereocenters. The van der Waals surface area contributed by atoms with Crippen molar-refractivity contribution in [2.24, 2.45) is 0 Å². The summed E-state index contributed by atoms with van der Waals surface area (Å²) in [5.41, 5.74) is 0.941. The van der Waals surface area contributed by atoms with Gasteiger partial charge in [-0.3, -0.25) is 0 Å². The molecule has 0 aromatic heterocycles. The average molecular weight is 390 g/mol. The van der Waals surface area contributed by atoms with Gasteiger partial charge < -0.3 is 15.5 Å². The molecule has 0 atom stereocenters. The van der Waals surface area contributed by atoms with Gasteiger partial charge in [0.25, 0.3) is 0 Å². The molecule has 0 spiro atoms. The van der Waals surface area contributed by atoms with Crippen molar-refractivity contribution >= 4 is 27.1 Å². The topological polar surface area (TPSA) is 86.6 Å². The van der Waals surface area contributed by atoms with Crippen molar-refractivity contribution in [3.8, 4) is 11.5 Å². The van der Waals surface area contributed by atoms with E-state index in [2.05, 4.69) is 5.32 Å². The molecule has 0 bridgehead atoms. The van der Waals surface area contributed by atoms with Crippen LogP contribution in [0.3, 0.4) is 0 Å². The van der Waals surface area contributed by atoms with E-state index in [9.17, 15) is 18.6 Å². The molecule has 7 heteroatoms. The first kappa shape index (κ1) is 18.1. The minimum absolute atomic E-state index is 0.0567. The number of anilines is 1. The molecule has 0 heterocycles. The summed E-state index contributed by atoms with van der Waals surface area (Å²) in [5.74, 6) is -0.179. The lowest BCUT2D eigenvalue weighted by Gasteiger charge is -2.13. The first-order chi connectivity index (χ1) is 12.4. The molecule has 0 aliphatic rings. The normalized spacial score (nSPS) is 11.3. The van der Waals surface area contributed by atoms with Gasteiger partial charge >= 0.3 is 0 Å². The summed E-state index contributed by atoms with van der Waals surface area (Å²) in [6.45, 7) is 0.182. The van der Waals surface area contributed by atoms with E-state index in [1.165, 1.54) is 48.5 Å². The standard InChI is InChI=1S/C19H16ClNO4S/c20-14-5-8-16(9-6-14)26(24,25)19-4-2-1-3-13(19)12-21-17-10-7-15(22)11-18(17)23/h1-11,21-23H,12H2. The average Bonchev–Trinajstić information content (AvgIpc) is 2.61. The van der Waals surface area contributed by atoms with Gasteiger partial charge in [-0.1, -0.05) is 29.8 Å². The summed E-state index contributed by atoms with van der Waals surface area (Å²) in [7, 11) is -3.71. The minimum atomic E-state index is -3.71. The van der Waals surface area contributed by atoms with E-state index in [1.54, 1.807) is 18.2 Å². The molecule has 3 aromatic carbocycles. The molecule has 0 aliphatic heterocycles. The Morgan fingerprint density at radius 2 is 1.62 bits per heavy atom. The molecule has 0 fully saturated rings. The van der Waals surface area contributed by atoms with Crippen LogP contribution in [0.4, 0.5) is 5.69 Å². The maximum Gasteiger partial charge on any atom is 0.206 e. The van der Waals surface area contributed by atoms with E-state index >= 15 is 0 Å². The number of phenolic OH excluding ortho intramolecular Hbond substituents is 2. The molecule has 5 nitrogen and oxygen atoms in total. The van der Waals surface area contributed by atoms with Crippen LogP contribution in [0, 0.1) is 0 Å². The van der Waals surface area contributed by atoms with Gasteiger partial charge in [0.1, 0.15) is 11.5 Å². The molecule has 134 valence electrons. The highest BCUT2D eigenvalue weighted by Gasteiger charge is 2.21. The lowest BCUT2D eigenvalue weighted by atomic mass is 10.2. The van der Waals surface area contributed by atoms with Crippen LogP contribution in [0.15, 0.2) is 76.5 Å². The van der Waals surface area contributed by atoms with Crippen LogP contribution in [-0.2, 0) is 16.4 Å². The number of hydrogen-bond donors (Lipinski definition) is 3. The zero-order valence-electron chi connectivity index (χ0n) is 13.6. The van der Waals surface area contributed by atoms with E-state index in [1.807, 2.05) is 0 Å². The fourth-order valence-corrected chi connectivity index (χ4v) is 4.13. The van der Waals surface area contributed by atoms with Gasteiger partial charge in [0, 0.05) is 17.6 Å². The minimum Gasteiger partial charge on any atom is -0.508 e. The zero-order chi connectivity index (χ0) is 18.7. The Balaban J connectivity index is 1.92. The third kappa shape index (κ3) is 3.76. The molecule has 0 amide bonds. The third-order valence-corrected chi connectivity index (χ3v) is 5.96. The second kappa shape index (κ2) is 7.27. The van der Waals surface area contributed by atoms with Crippen LogP contribution in [0.25, 0.3) is 0 Å². The van der Waals surface area contributed by atoms with Crippen molar-refractivity contribution < 1.29 is 18.6 Å². The Kier molecular flexibility index (Phi) is 5.06. The first-order valence-electron chi connectivity index (χ1n) is 7.72. The Bertz CT molecular complexity index is 1030. The van der Waals surface area contributed by atoms with Crippen molar-refractivity contribution in [2.45, 2.75) is 16.3 Å². The SMILES string of the molecule is O=S(=O)(c1ccc(Cl)cc1)c1ccccc1CNc1ccc(O)cc1O. The zero-order valence-corrected chi connectivity index (χ0v) is 15.1. The number of phenols is 2. The molecule has 0 radical (unpaired) electrons. The predicted molar refractivity (Wildman–Crippen MR) is 100 cm³/mol. The monoisotopic (exact) mass is 389 g/mol. The van der Waals surface area contributed by atoms with E-state index in [0.29, 0.717) is 16.3 Å². The van der Waals surface area contributed by atoms with E-state index in [4.69, 9.17) is 11.6 Å². The highest BCUT2D eigenvalue weighted by atomic mass is 35.5. The van der Waals surface area contributed by atoms with Crippen molar-refractivity contribution in [1.82, 2.24) is 0 Å². The van der Waals surface area contributed by atoms with E-state index in [-0.39, 0.29) is 27.8 Å². The molecular formula is C19H16ClNO4S. The van der Waals surface area contributed by atoms with Gasteiger partial charge in [-0.05, 0) is 48.0 Å². The van der Waals surface area contributed by atoms with Crippen LogP contribution >= 0.6 is 11.6 Å². The number of nitrogens with one attached hydrogen (secondary N) is 1. The van der Waals surface area contributed by atoms with E-state index < -0.39 is 9.84 Å². The van der Waals surface area contributed by atoms with Gasteiger partial charge in [-0.2, -0.15) is 0 Å². The van der Waals surface area contributed by atoms with E-state index in [0.717, 1.165) is 0 Å². The highest BCUT2D eigenvalue weighted by molar-refractivity contribution is 7.91.